The highest BCUT2D eigenvalue weighted by Crippen LogP contribution is 2.65. The minimum absolute atomic E-state index is 0.143. The zero-order chi connectivity index (χ0) is 11.8. The third-order valence-electron chi connectivity index (χ3n) is 4.81. The van der Waals surface area contributed by atoms with Gasteiger partial charge >= 0.3 is 6.03 Å². The van der Waals surface area contributed by atoms with Crippen molar-refractivity contribution in [2.24, 2.45) is 17.8 Å². The summed E-state index contributed by atoms with van der Waals surface area (Å²) in [5.74, 6) is 0.546. The Morgan fingerprint density at radius 3 is 2.38 bits per heavy atom. The number of likely N-dealkylation sites (N-methyl/N-ethyl adjacent to an activating group) is 2. The van der Waals surface area contributed by atoms with Crippen molar-refractivity contribution >= 4 is 11.9 Å². The molecule has 3 aliphatic rings. The molecule has 1 spiro atoms. The number of rotatable bonds is 0. The van der Waals surface area contributed by atoms with Crippen LogP contribution < -0.4 is 0 Å². The molecule has 5 atom stereocenters. The molecule has 1 aliphatic heterocycles. The van der Waals surface area contributed by atoms with Gasteiger partial charge in [-0.05, 0) is 17.8 Å². The van der Waals surface area contributed by atoms with Crippen molar-refractivity contribution in [1.82, 2.24) is 9.80 Å². The Bertz CT molecular complexity index is 397. The van der Waals surface area contributed by atoms with Crippen molar-refractivity contribution in [3.8, 4) is 0 Å². The van der Waals surface area contributed by atoms with E-state index in [4.69, 9.17) is 0 Å². The second-order valence-corrected chi connectivity index (χ2v) is 5.36. The summed E-state index contributed by atoms with van der Waals surface area (Å²) < 4.78 is 0. The van der Waals surface area contributed by atoms with Crippen LogP contribution in [0.2, 0.25) is 0 Å². The van der Waals surface area contributed by atoms with Crippen molar-refractivity contribution in [2.75, 3.05) is 14.1 Å². The molecule has 1 saturated heterocycles. The molecule has 5 unspecified atom stereocenters. The molecular formula is C11H16N2O3. The lowest BCUT2D eigenvalue weighted by atomic mass is 9.89. The number of amides is 3. The van der Waals surface area contributed by atoms with Gasteiger partial charge in [-0.1, -0.05) is 6.92 Å². The zero-order valence-electron chi connectivity index (χ0n) is 9.67. The number of carbonyl (C=O) groups excluding carboxylic acids is 2. The van der Waals surface area contributed by atoms with E-state index >= 15 is 0 Å². The average molecular weight is 224 g/mol. The molecule has 16 heavy (non-hydrogen) atoms. The Balaban J connectivity index is 2.06. The lowest BCUT2D eigenvalue weighted by Gasteiger charge is -2.31. The zero-order valence-corrected chi connectivity index (χ0v) is 9.67. The number of nitrogens with zero attached hydrogens (tertiary/aromatic N) is 2. The molecule has 0 bridgehead atoms. The van der Waals surface area contributed by atoms with E-state index in [1.54, 1.807) is 7.05 Å². The predicted molar refractivity (Wildman–Crippen MR) is 55.4 cm³/mol. The fraction of sp³-hybridized carbons (Fsp3) is 0.818. The predicted octanol–water partition coefficient (Wildman–Crippen LogP) is -0.104. The van der Waals surface area contributed by atoms with Gasteiger partial charge in [0.1, 0.15) is 5.54 Å². The van der Waals surface area contributed by atoms with E-state index in [1.807, 2.05) is 6.92 Å². The maximum Gasteiger partial charge on any atom is 0.327 e. The summed E-state index contributed by atoms with van der Waals surface area (Å²) in [7, 11) is 3.19. The number of hydrogen-bond donors (Lipinski definition) is 1. The number of aliphatic hydroxyl groups is 1. The largest absolute Gasteiger partial charge is 0.393 e. The van der Waals surface area contributed by atoms with Gasteiger partial charge in [-0.3, -0.25) is 9.69 Å². The normalized spacial score (nSPS) is 50.5. The topological polar surface area (TPSA) is 60.9 Å². The molecule has 1 N–H and O–H groups in total. The molecule has 3 amide bonds. The molecule has 3 rings (SSSR count). The third kappa shape index (κ3) is 0.796. The van der Waals surface area contributed by atoms with Gasteiger partial charge in [0.2, 0.25) is 0 Å². The van der Waals surface area contributed by atoms with Crippen molar-refractivity contribution in [3.63, 3.8) is 0 Å². The first kappa shape index (κ1) is 10.1. The van der Waals surface area contributed by atoms with E-state index < -0.39 is 11.6 Å². The first-order valence-electron chi connectivity index (χ1n) is 5.67. The monoisotopic (exact) mass is 224 g/mol. The summed E-state index contributed by atoms with van der Waals surface area (Å²) in [6.45, 7) is 2.05. The van der Waals surface area contributed by atoms with Crippen LogP contribution in [0.15, 0.2) is 0 Å². The van der Waals surface area contributed by atoms with E-state index in [2.05, 4.69) is 0 Å². The van der Waals surface area contributed by atoms with E-state index in [1.165, 1.54) is 16.8 Å². The standard InChI is InChI=1S/C11H16N2O3/c1-5-7-6(14)4-11(8(5)7)9(15)12(2)10(16)13(11)3/h5-8,14H,4H2,1-3H3. The Morgan fingerprint density at radius 1 is 1.38 bits per heavy atom. The number of carbonyl (C=O) groups is 2. The van der Waals surface area contributed by atoms with Gasteiger partial charge < -0.3 is 10.0 Å². The second-order valence-electron chi connectivity index (χ2n) is 5.36. The van der Waals surface area contributed by atoms with Gasteiger partial charge in [-0.2, -0.15) is 0 Å². The molecule has 0 aromatic carbocycles. The summed E-state index contributed by atoms with van der Waals surface area (Å²) in [6.07, 6.45) is -0.0383. The Kier molecular flexibility index (Phi) is 1.63. The highest BCUT2D eigenvalue weighted by molar-refractivity contribution is 6.07. The maximum absolute atomic E-state index is 12.2. The van der Waals surface area contributed by atoms with Gasteiger partial charge in [0.15, 0.2) is 0 Å². The quantitative estimate of drug-likeness (QED) is 0.584. The minimum atomic E-state index is -0.755. The summed E-state index contributed by atoms with van der Waals surface area (Å²) in [6, 6.07) is -0.253. The molecule has 88 valence electrons. The summed E-state index contributed by atoms with van der Waals surface area (Å²) in [4.78, 5) is 26.7. The van der Waals surface area contributed by atoms with Gasteiger partial charge in [0.05, 0.1) is 6.10 Å². The minimum Gasteiger partial charge on any atom is -0.393 e. The fourth-order valence-corrected chi connectivity index (χ4v) is 3.93. The molecular weight excluding hydrogens is 208 g/mol. The summed E-state index contributed by atoms with van der Waals surface area (Å²) in [5, 5.41) is 9.93. The van der Waals surface area contributed by atoms with Crippen molar-refractivity contribution in [3.05, 3.63) is 0 Å². The first-order chi connectivity index (χ1) is 7.43. The smallest absolute Gasteiger partial charge is 0.327 e. The van der Waals surface area contributed by atoms with Crippen molar-refractivity contribution in [1.29, 1.82) is 0 Å². The van der Waals surface area contributed by atoms with Crippen molar-refractivity contribution < 1.29 is 14.7 Å². The van der Waals surface area contributed by atoms with Crippen LogP contribution in [-0.2, 0) is 4.79 Å². The Labute approximate surface area is 94.0 Å². The molecule has 2 saturated carbocycles. The van der Waals surface area contributed by atoms with Crippen LogP contribution in [0.5, 0.6) is 0 Å². The Hall–Kier alpha value is -1.10. The first-order valence-corrected chi connectivity index (χ1v) is 5.67. The van der Waals surface area contributed by atoms with Crippen LogP contribution in [0.4, 0.5) is 4.79 Å². The van der Waals surface area contributed by atoms with E-state index in [9.17, 15) is 14.7 Å². The number of hydrogen-bond acceptors (Lipinski definition) is 3. The SMILES string of the molecule is CC1C2C(O)CC3(C(=O)N(C)C(=O)N3C)C12. The Morgan fingerprint density at radius 2 is 2.00 bits per heavy atom. The van der Waals surface area contributed by atoms with Crippen LogP contribution >= 0.6 is 0 Å². The van der Waals surface area contributed by atoms with Crippen LogP contribution in [0, 0.1) is 17.8 Å². The summed E-state index contributed by atoms with van der Waals surface area (Å²) >= 11 is 0. The third-order valence-corrected chi connectivity index (χ3v) is 4.81. The van der Waals surface area contributed by atoms with Gasteiger partial charge in [0.25, 0.3) is 5.91 Å². The number of aliphatic hydroxyl groups excluding tert-OH is 1. The van der Waals surface area contributed by atoms with Crippen molar-refractivity contribution in [2.45, 2.75) is 25.0 Å². The van der Waals surface area contributed by atoms with Gasteiger partial charge in [-0.25, -0.2) is 4.79 Å². The van der Waals surface area contributed by atoms with Crippen LogP contribution in [0.1, 0.15) is 13.3 Å². The molecule has 2 aliphatic carbocycles. The number of fused-ring (bicyclic) bond motifs is 2. The molecule has 3 fully saturated rings. The molecule has 5 heteroatoms. The van der Waals surface area contributed by atoms with Gasteiger partial charge in [0, 0.05) is 20.5 Å². The molecule has 0 aromatic rings. The number of imide groups is 1. The maximum atomic E-state index is 12.2. The molecule has 0 aromatic heterocycles. The second kappa shape index (κ2) is 2.59. The fourth-order valence-electron chi connectivity index (χ4n) is 3.93. The highest BCUT2D eigenvalue weighted by atomic mass is 16.3. The molecule has 5 nitrogen and oxygen atoms in total. The molecule has 1 heterocycles. The summed E-state index contributed by atoms with van der Waals surface area (Å²) in [5.41, 5.74) is -0.755. The van der Waals surface area contributed by atoms with Crippen LogP contribution in [0.25, 0.3) is 0 Å². The number of urea groups is 1. The van der Waals surface area contributed by atoms with Crippen LogP contribution in [0.3, 0.4) is 0 Å². The van der Waals surface area contributed by atoms with E-state index in [0.29, 0.717) is 12.3 Å². The van der Waals surface area contributed by atoms with Gasteiger partial charge in [-0.15, -0.1) is 0 Å². The molecule has 0 radical (unpaired) electrons. The lowest BCUT2D eigenvalue weighted by molar-refractivity contribution is -0.133. The van der Waals surface area contributed by atoms with E-state index in [-0.39, 0.29) is 23.8 Å². The lowest BCUT2D eigenvalue weighted by Crippen LogP contribution is -2.49. The van der Waals surface area contributed by atoms with E-state index in [0.717, 1.165) is 0 Å². The van der Waals surface area contributed by atoms with Crippen LogP contribution in [-0.4, -0.2) is 52.6 Å². The highest BCUT2D eigenvalue weighted by Gasteiger charge is 2.75. The average Bonchev–Trinajstić information content (AvgIpc) is 2.77.